The first kappa shape index (κ1) is 19.0. The molecule has 1 unspecified atom stereocenters. The van der Waals surface area contributed by atoms with Crippen LogP contribution in [0.5, 0.6) is 5.75 Å². The molecule has 0 aliphatic carbocycles. The maximum absolute atomic E-state index is 12.6. The molecule has 1 aromatic carbocycles. The number of hydrogen-bond donors (Lipinski definition) is 1. The summed E-state index contributed by atoms with van der Waals surface area (Å²) in [5.74, 6) is 0.635. The van der Waals surface area contributed by atoms with Crippen LogP contribution >= 0.6 is 0 Å². The van der Waals surface area contributed by atoms with Crippen LogP contribution in [0.4, 0.5) is 5.69 Å². The second kappa shape index (κ2) is 8.54. The molecule has 1 rings (SSSR count). The molecule has 0 saturated carbocycles. The van der Waals surface area contributed by atoms with Crippen molar-refractivity contribution in [2.45, 2.75) is 46.6 Å². The SMILES string of the molecule is CCOc1ccc(NC(=O)C(C)(CC(C)C)OCC)cc1C#N. The highest BCUT2D eigenvalue weighted by Crippen LogP contribution is 2.26. The van der Waals surface area contributed by atoms with E-state index in [2.05, 4.69) is 25.2 Å². The third-order valence-electron chi connectivity index (χ3n) is 3.40. The molecule has 0 aromatic heterocycles. The standard InChI is InChI=1S/C18H26N2O3/c1-6-22-16-9-8-15(10-14(16)12-19)20-17(21)18(5,23-7-2)11-13(3)4/h8-10,13H,6-7,11H2,1-5H3,(H,20,21). The molecule has 5 heteroatoms. The normalized spacial score (nSPS) is 13.3. The fourth-order valence-electron chi connectivity index (χ4n) is 2.55. The Morgan fingerprint density at radius 2 is 2.04 bits per heavy atom. The number of carbonyl (C=O) groups excluding carboxylic acids is 1. The second-order valence-corrected chi connectivity index (χ2v) is 5.97. The minimum Gasteiger partial charge on any atom is -0.492 e. The zero-order valence-corrected chi connectivity index (χ0v) is 14.6. The number of nitriles is 1. The van der Waals surface area contributed by atoms with Gasteiger partial charge in [0, 0.05) is 12.3 Å². The molecule has 1 N–H and O–H groups in total. The van der Waals surface area contributed by atoms with Crippen LogP contribution in [0.15, 0.2) is 18.2 Å². The van der Waals surface area contributed by atoms with Crippen LogP contribution in [-0.2, 0) is 9.53 Å². The lowest BCUT2D eigenvalue weighted by atomic mass is 9.93. The fraction of sp³-hybridized carbons (Fsp3) is 0.556. The van der Waals surface area contributed by atoms with E-state index in [0.717, 1.165) is 0 Å². The maximum atomic E-state index is 12.6. The zero-order chi connectivity index (χ0) is 17.5. The van der Waals surface area contributed by atoms with Crippen molar-refractivity contribution in [2.75, 3.05) is 18.5 Å². The van der Waals surface area contributed by atoms with Crippen molar-refractivity contribution in [3.63, 3.8) is 0 Å². The first-order valence-electron chi connectivity index (χ1n) is 7.98. The van der Waals surface area contributed by atoms with Crippen molar-refractivity contribution in [1.29, 1.82) is 5.26 Å². The van der Waals surface area contributed by atoms with Gasteiger partial charge in [0.1, 0.15) is 17.4 Å². The third-order valence-corrected chi connectivity index (χ3v) is 3.40. The number of rotatable bonds is 8. The van der Waals surface area contributed by atoms with E-state index in [-0.39, 0.29) is 5.91 Å². The summed E-state index contributed by atoms with van der Waals surface area (Å²) in [6, 6.07) is 7.12. The van der Waals surface area contributed by atoms with E-state index in [9.17, 15) is 10.1 Å². The summed E-state index contributed by atoms with van der Waals surface area (Å²) < 4.78 is 11.1. The van der Waals surface area contributed by atoms with Crippen LogP contribution < -0.4 is 10.1 Å². The van der Waals surface area contributed by atoms with Crippen molar-refractivity contribution in [3.05, 3.63) is 23.8 Å². The summed E-state index contributed by atoms with van der Waals surface area (Å²) >= 11 is 0. The summed E-state index contributed by atoms with van der Waals surface area (Å²) in [6.45, 7) is 10.6. The highest BCUT2D eigenvalue weighted by Gasteiger charge is 2.34. The van der Waals surface area contributed by atoms with Crippen LogP contribution in [0.3, 0.4) is 0 Å². The molecule has 1 aromatic rings. The van der Waals surface area contributed by atoms with Crippen molar-refractivity contribution < 1.29 is 14.3 Å². The number of anilines is 1. The molecule has 0 saturated heterocycles. The Hall–Kier alpha value is -2.06. The van der Waals surface area contributed by atoms with Crippen molar-refractivity contribution in [2.24, 2.45) is 5.92 Å². The second-order valence-electron chi connectivity index (χ2n) is 5.97. The predicted octanol–water partition coefficient (Wildman–Crippen LogP) is 3.74. The number of amides is 1. The zero-order valence-electron chi connectivity index (χ0n) is 14.6. The molecule has 0 spiro atoms. The Morgan fingerprint density at radius 1 is 1.35 bits per heavy atom. The third kappa shape index (κ3) is 5.26. The van der Waals surface area contributed by atoms with E-state index in [0.29, 0.717) is 42.6 Å². The largest absolute Gasteiger partial charge is 0.492 e. The molecule has 0 heterocycles. The van der Waals surface area contributed by atoms with Gasteiger partial charge in [-0.3, -0.25) is 4.79 Å². The molecule has 5 nitrogen and oxygen atoms in total. The van der Waals surface area contributed by atoms with Gasteiger partial charge in [-0.1, -0.05) is 13.8 Å². The van der Waals surface area contributed by atoms with Crippen LogP contribution in [0.2, 0.25) is 0 Å². The van der Waals surface area contributed by atoms with Gasteiger partial charge in [-0.2, -0.15) is 5.26 Å². The van der Waals surface area contributed by atoms with Gasteiger partial charge in [0.25, 0.3) is 5.91 Å². The molecule has 0 aliphatic rings. The van der Waals surface area contributed by atoms with Gasteiger partial charge in [0.05, 0.1) is 12.2 Å². The lowest BCUT2D eigenvalue weighted by molar-refractivity contribution is -0.140. The summed E-state index contributed by atoms with van der Waals surface area (Å²) in [5.41, 5.74) is 0.0604. The van der Waals surface area contributed by atoms with Gasteiger partial charge in [0.2, 0.25) is 0 Å². The Labute approximate surface area is 138 Å². The van der Waals surface area contributed by atoms with Gasteiger partial charge in [0.15, 0.2) is 0 Å². The van der Waals surface area contributed by atoms with E-state index in [1.807, 2.05) is 13.8 Å². The van der Waals surface area contributed by atoms with Gasteiger partial charge < -0.3 is 14.8 Å². The molecule has 0 radical (unpaired) electrons. The van der Waals surface area contributed by atoms with Crippen molar-refractivity contribution in [3.8, 4) is 11.8 Å². The molecule has 23 heavy (non-hydrogen) atoms. The molecular weight excluding hydrogens is 292 g/mol. The van der Waals surface area contributed by atoms with Crippen LogP contribution in [0, 0.1) is 17.2 Å². The van der Waals surface area contributed by atoms with E-state index in [4.69, 9.17) is 9.47 Å². The summed E-state index contributed by atoms with van der Waals surface area (Å²) in [4.78, 5) is 12.6. The van der Waals surface area contributed by atoms with Crippen molar-refractivity contribution in [1.82, 2.24) is 0 Å². The van der Waals surface area contributed by atoms with Crippen LogP contribution in [0.25, 0.3) is 0 Å². The molecular formula is C18H26N2O3. The number of hydrogen-bond acceptors (Lipinski definition) is 4. The molecule has 0 aliphatic heterocycles. The maximum Gasteiger partial charge on any atom is 0.256 e. The minimum atomic E-state index is -0.895. The molecule has 0 fully saturated rings. The average molecular weight is 318 g/mol. The quantitative estimate of drug-likeness (QED) is 0.792. The predicted molar refractivity (Wildman–Crippen MR) is 90.4 cm³/mol. The monoisotopic (exact) mass is 318 g/mol. The topological polar surface area (TPSA) is 71.3 Å². The average Bonchev–Trinajstić information content (AvgIpc) is 2.48. The van der Waals surface area contributed by atoms with E-state index in [1.54, 1.807) is 25.1 Å². The number of nitrogens with one attached hydrogen (secondary N) is 1. The highest BCUT2D eigenvalue weighted by atomic mass is 16.5. The lowest BCUT2D eigenvalue weighted by Gasteiger charge is -2.30. The minimum absolute atomic E-state index is 0.207. The summed E-state index contributed by atoms with van der Waals surface area (Å²) in [5, 5.41) is 12.0. The lowest BCUT2D eigenvalue weighted by Crippen LogP contribution is -2.44. The molecule has 126 valence electrons. The number of nitrogens with zero attached hydrogens (tertiary/aromatic N) is 1. The number of ether oxygens (including phenoxy) is 2. The Morgan fingerprint density at radius 3 is 2.57 bits per heavy atom. The van der Waals surface area contributed by atoms with Gasteiger partial charge in [-0.25, -0.2) is 0 Å². The van der Waals surface area contributed by atoms with Gasteiger partial charge in [-0.05, 0) is 51.3 Å². The Bertz CT molecular complexity index is 578. The van der Waals surface area contributed by atoms with Crippen molar-refractivity contribution >= 4 is 11.6 Å². The number of carbonyl (C=O) groups is 1. The number of benzene rings is 1. The Kier molecular flexibility index (Phi) is 7.05. The molecule has 0 bridgehead atoms. The van der Waals surface area contributed by atoms with E-state index in [1.165, 1.54) is 0 Å². The van der Waals surface area contributed by atoms with Crippen LogP contribution in [-0.4, -0.2) is 24.7 Å². The van der Waals surface area contributed by atoms with Gasteiger partial charge >= 0.3 is 0 Å². The smallest absolute Gasteiger partial charge is 0.256 e. The first-order valence-corrected chi connectivity index (χ1v) is 7.98. The Balaban J connectivity index is 2.96. The van der Waals surface area contributed by atoms with Crippen LogP contribution in [0.1, 0.15) is 46.6 Å². The first-order chi connectivity index (χ1) is 10.9. The van der Waals surface area contributed by atoms with E-state index >= 15 is 0 Å². The summed E-state index contributed by atoms with van der Waals surface area (Å²) in [6.07, 6.45) is 0.620. The molecule has 1 amide bonds. The molecule has 1 atom stereocenters. The fourth-order valence-corrected chi connectivity index (χ4v) is 2.55. The van der Waals surface area contributed by atoms with Gasteiger partial charge in [-0.15, -0.1) is 0 Å². The highest BCUT2D eigenvalue weighted by molar-refractivity contribution is 5.97. The van der Waals surface area contributed by atoms with E-state index < -0.39 is 5.60 Å². The summed E-state index contributed by atoms with van der Waals surface area (Å²) in [7, 11) is 0.